The first-order chi connectivity index (χ1) is 14.3. The second-order valence-electron chi connectivity index (χ2n) is 6.97. The number of hydrogen-bond acceptors (Lipinski definition) is 3. The molecule has 6 rings (SSSR count). The van der Waals surface area contributed by atoms with Crippen molar-refractivity contribution in [2.75, 3.05) is 0 Å². The standard InChI is InChI=1S/C25H14ClNOS/c26-17-10-6-9-16(13-17)19-14-20-24(29-25(27-20)15-7-2-1-3-8-15)22-18-11-4-5-12-21(18)28-23(19)22/h1-14H. The Balaban J connectivity index is 1.76. The van der Waals surface area contributed by atoms with Crippen molar-refractivity contribution in [3.8, 4) is 21.7 Å². The Morgan fingerprint density at radius 1 is 0.793 bits per heavy atom. The highest BCUT2D eigenvalue weighted by molar-refractivity contribution is 7.22. The van der Waals surface area contributed by atoms with E-state index in [-0.39, 0.29) is 0 Å². The molecule has 0 fully saturated rings. The highest BCUT2D eigenvalue weighted by Gasteiger charge is 2.19. The minimum atomic E-state index is 0.704. The Labute approximate surface area is 176 Å². The van der Waals surface area contributed by atoms with Crippen LogP contribution in [0.1, 0.15) is 0 Å². The molecule has 0 aliphatic rings. The fourth-order valence-corrected chi connectivity index (χ4v) is 5.14. The zero-order valence-corrected chi connectivity index (χ0v) is 16.8. The van der Waals surface area contributed by atoms with Crippen LogP contribution in [0.25, 0.3) is 53.9 Å². The van der Waals surface area contributed by atoms with Crippen LogP contribution in [-0.4, -0.2) is 4.98 Å². The third-order valence-corrected chi connectivity index (χ3v) is 6.53. The third kappa shape index (κ3) is 2.66. The normalized spacial score (nSPS) is 11.6. The second-order valence-corrected chi connectivity index (χ2v) is 8.41. The van der Waals surface area contributed by atoms with Gasteiger partial charge in [0, 0.05) is 26.9 Å². The summed E-state index contributed by atoms with van der Waals surface area (Å²) in [6, 6.07) is 28.5. The molecule has 0 aliphatic carbocycles. The number of hydrogen-bond donors (Lipinski definition) is 0. The fraction of sp³-hybridized carbons (Fsp3) is 0. The number of rotatable bonds is 2. The molecular formula is C25H14ClNOS. The van der Waals surface area contributed by atoms with Gasteiger partial charge in [-0.2, -0.15) is 0 Å². The van der Waals surface area contributed by atoms with Crippen molar-refractivity contribution in [2.45, 2.75) is 0 Å². The zero-order valence-electron chi connectivity index (χ0n) is 15.2. The van der Waals surface area contributed by atoms with E-state index in [1.165, 1.54) is 0 Å². The van der Waals surface area contributed by atoms with Crippen LogP contribution in [0.5, 0.6) is 0 Å². The Morgan fingerprint density at radius 2 is 1.59 bits per heavy atom. The average Bonchev–Trinajstić information content (AvgIpc) is 3.35. The topological polar surface area (TPSA) is 26.0 Å². The van der Waals surface area contributed by atoms with Gasteiger partial charge in [-0.05, 0) is 29.8 Å². The second kappa shape index (κ2) is 6.45. The smallest absolute Gasteiger partial charge is 0.144 e. The van der Waals surface area contributed by atoms with Gasteiger partial charge in [-0.25, -0.2) is 4.98 Å². The lowest BCUT2D eigenvalue weighted by molar-refractivity contribution is 0.670. The number of fused-ring (bicyclic) bond motifs is 5. The molecule has 0 radical (unpaired) electrons. The largest absolute Gasteiger partial charge is 0.455 e. The Kier molecular flexibility index (Phi) is 3.73. The lowest BCUT2D eigenvalue weighted by Crippen LogP contribution is -1.81. The molecule has 2 heterocycles. The molecule has 4 aromatic carbocycles. The number of benzene rings is 4. The van der Waals surface area contributed by atoms with E-state index in [1.54, 1.807) is 11.3 Å². The summed E-state index contributed by atoms with van der Waals surface area (Å²) in [6.45, 7) is 0. The molecule has 0 bridgehead atoms. The van der Waals surface area contributed by atoms with Gasteiger partial charge >= 0.3 is 0 Å². The lowest BCUT2D eigenvalue weighted by atomic mass is 10.0. The third-order valence-electron chi connectivity index (χ3n) is 5.16. The SMILES string of the molecule is Clc1cccc(-c2cc3nc(-c4ccccc4)sc3c3c2oc2ccccc23)c1. The molecular weight excluding hydrogens is 398 g/mol. The molecule has 0 unspecified atom stereocenters. The number of para-hydroxylation sites is 1. The zero-order chi connectivity index (χ0) is 19.4. The molecule has 2 nitrogen and oxygen atoms in total. The maximum Gasteiger partial charge on any atom is 0.144 e. The summed E-state index contributed by atoms with van der Waals surface area (Å²) in [7, 11) is 0. The molecule has 138 valence electrons. The summed E-state index contributed by atoms with van der Waals surface area (Å²) in [4.78, 5) is 4.97. The first-order valence-electron chi connectivity index (χ1n) is 9.34. The molecule has 0 N–H and O–H groups in total. The predicted octanol–water partition coefficient (Wildman–Crippen LogP) is 8.18. The van der Waals surface area contributed by atoms with Gasteiger partial charge in [0.25, 0.3) is 0 Å². The first kappa shape index (κ1) is 16.8. The van der Waals surface area contributed by atoms with Crippen molar-refractivity contribution in [3.05, 3.63) is 90.0 Å². The van der Waals surface area contributed by atoms with E-state index in [9.17, 15) is 0 Å². The Morgan fingerprint density at radius 3 is 2.45 bits per heavy atom. The van der Waals surface area contributed by atoms with Crippen LogP contribution in [-0.2, 0) is 0 Å². The van der Waals surface area contributed by atoms with Crippen LogP contribution in [0.3, 0.4) is 0 Å². The molecule has 0 saturated heterocycles. The van der Waals surface area contributed by atoms with E-state index in [0.29, 0.717) is 5.02 Å². The monoisotopic (exact) mass is 411 g/mol. The number of aromatic nitrogens is 1. The van der Waals surface area contributed by atoms with Crippen molar-refractivity contribution in [3.63, 3.8) is 0 Å². The van der Waals surface area contributed by atoms with Crippen molar-refractivity contribution < 1.29 is 4.42 Å². The Hall–Kier alpha value is -3.14. The van der Waals surface area contributed by atoms with Crippen LogP contribution in [0, 0.1) is 0 Å². The fourth-order valence-electron chi connectivity index (χ4n) is 3.85. The van der Waals surface area contributed by atoms with Gasteiger partial charge in [-0.15, -0.1) is 11.3 Å². The van der Waals surface area contributed by atoms with Crippen LogP contribution in [0.2, 0.25) is 5.02 Å². The quantitative estimate of drug-likeness (QED) is 0.287. The van der Waals surface area contributed by atoms with Gasteiger partial charge in [0.15, 0.2) is 0 Å². The molecule has 0 spiro atoms. The summed E-state index contributed by atoms with van der Waals surface area (Å²) in [5.74, 6) is 0. The van der Waals surface area contributed by atoms with E-state index in [0.717, 1.165) is 53.9 Å². The highest BCUT2D eigenvalue weighted by atomic mass is 35.5. The van der Waals surface area contributed by atoms with Gasteiger partial charge in [-0.3, -0.25) is 0 Å². The van der Waals surface area contributed by atoms with Gasteiger partial charge in [0.05, 0.1) is 10.2 Å². The molecule has 0 atom stereocenters. The molecule has 0 amide bonds. The summed E-state index contributed by atoms with van der Waals surface area (Å²) >= 11 is 7.99. The van der Waals surface area contributed by atoms with E-state index in [4.69, 9.17) is 21.0 Å². The number of furan rings is 1. The van der Waals surface area contributed by atoms with E-state index in [1.807, 2.05) is 54.6 Å². The minimum absolute atomic E-state index is 0.704. The molecule has 29 heavy (non-hydrogen) atoms. The van der Waals surface area contributed by atoms with Crippen molar-refractivity contribution in [1.82, 2.24) is 4.98 Å². The molecule has 0 saturated carbocycles. The van der Waals surface area contributed by atoms with Crippen molar-refractivity contribution in [2.24, 2.45) is 0 Å². The summed E-state index contributed by atoms with van der Waals surface area (Å²) in [5, 5.41) is 3.94. The van der Waals surface area contributed by atoms with Gasteiger partial charge < -0.3 is 4.42 Å². The maximum atomic E-state index is 6.34. The number of nitrogens with zero attached hydrogens (tertiary/aromatic N) is 1. The lowest BCUT2D eigenvalue weighted by Gasteiger charge is -2.04. The Bertz CT molecular complexity index is 1510. The number of halogens is 1. The average molecular weight is 412 g/mol. The predicted molar refractivity (Wildman–Crippen MR) is 123 cm³/mol. The minimum Gasteiger partial charge on any atom is -0.455 e. The van der Waals surface area contributed by atoms with Gasteiger partial charge in [0.2, 0.25) is 0 Å². The van der Waals surface area contributed by atoms with Gasteiger partial charge in [-0.1, -0.05) is 72.3 Å². The first-order valence-corrected chi connectivity index (χ1v) is 10.5. The van der Waals surface area contributed by atoms with Crippen molar-refractivity contribution in [1.29, 1.82) is 0 Å². The highest BCUT2D eigenvalue weighted by Crippen LogP contribution is 2.44. The number of thiazole rings is 1. The molecule has 0 aliphatic heterocycles. The van der Waals surface area contributed by atoms with E-state index < -0.39 is 0 Å². The molecule has 4 heteroatoms. The molecule has 6 aromatic rings. The van der Waals surface area contributed by atoms with Crippen LogP contribution >= 0.6 is 22.9 Å². The van der Waals surface area contributed by atoms with Crippen LogP contribution in [0.15, 0.2) is 89.3 Å². The summed E-state index contributed by atoms with van der Waals surface area (Å²) in [5.41, 5.74) is 5.90. The summed E-state index contributed by atoms with van der Waals surface area (Å²) in [6.07, 6.45) is 0. The summed E-state index contributed by atoms with van der Waals surface area (Å²) < 4.78 is 7.48. The van der Waals surface area contributed by atoms with Gasteiger partial charge in [0.1, 0.15) is 16.2 Å². The van der Waals surface area contributed by atoms with E-state index in [2.05, 4.69) is 30.3 Å². The van der Waals surface area contributed by atoms with Crippen molar-refractivity contribution >= 4 is 55.1 Å². The molecule has 2 aromatic heterocycles. The maximum absolute atomic E-state index is 6.34. The van der Waals surface area contributed by atoms with E-state index >= 15 is 0 Å². The van der Waals surface area contributed by atoms with Crippen LogP contribution in [0.4, 0.5) is 0 Å². The van der Waals surface area contributed by atoms with Crippen LogP contribution < -0.4 is 0 Å².